The van der Waals surface area contributed by atoms with E-state index in [9.17, 15) is 28.7 Å². The summed E-state index contributed by atoms with van der Waals surface area (Å²) in [5, 5.41) is 3.83. The second-order valence-corrected chi connectivity index (χ2v) is 10.1. The van der Waals surface area contributed by atoms with E-state index >= 15 is 0 Å². The molecule has 0 bridgehead atoms. The first-order chi connectivity index (χ1) is 12.7. The first-order valence-corrected chi connectivity index (χ1v) is 11.6. The summed E-state index contributed by atoms with van der Waals surface area (Å²) in [7, 11) is -5.15. The Morgan fingerprint density at radius 3 is 2.62 bits per heavy atom. The summed E-state index contributed by atoms with van der Waals surface area (Å²) in [6, 6.07) is 2.75. The minimum atomic E-state index is -5.15. The Labute approximate surface area is 220 Å². The summed E-state index contributed by atoms with van der Waals surface area (Å²) in [5.74, 6) is -3.72. The Hall–Kier alpha value is 0.610. The zero-order chi connectivity index (χ0) is 19.8. The second-order valence-electron chi connectivity index (χ2n) is 6.29. The summed E-state index contributed by atoms with van der Waals surface area (Å²) in [6.07, 6.45) is 0.124. The van der Waals surface area contributed by atoms with Crippen molar-refractivity contribution in [1.29, 1.82) is 0 Å². The van der Waals surface area contributed by atoms with Gasteiger partial charge in [0.15, 0.2) is 0 Å². The van der Waals surface area contributed by atoms with E-state index in [1.165, 1.54) is 30.0 Å². The van der Waals surface area contributed by atoms with E-state index in [4.69, 9.17) is 4.74 Å². The first kappa shape index (κ1) is 27.6. The van der Waals surface area contributed by atoms with E-state index in [1.807, 2.05) is 11.4 Å². The standard InChI is InChI=1S/C15H19N2O7PS2.2Na/c1-8(18)24-6-9-7-27-15-12(13(20)17(15)14(9)25(21,22)23)16-11(19)5-10-3-2-4-26-10;;/h2-4,9,12,14-15H,5-7H2,1H3,(H,16,19)(H2,21,22,23);;/q;2*+1/p-2/t9?,12-,14?,15+;;/m1../s1. The minimum absolute atomic E-state index is 0. The van der Waals surface area contributed by atoms with E-state index in [1.54, 1.807) is 6.07 Å². The molecule has 2 saturated heterocycles. The van der Waals surface area contributed by atoms with Gasteiger partial charge >= 0.3 is 65.1 Å². The van der Waals surface area contributed by atoms with Gasteiger partial charge in [0.2, 0.25) is 11.8 Å². The number of amides is 2. The van der Waals surface area contributed by atoms with Gasteiger partial charge in [0.25, 0.3) is 0 Å². The number of ether oxygens (including phenoxy) is 1. The van der Waals surface area contributed by atoms with Crippen molar-refractivity contribution in [3.05, 3.63) is 22.4 Å². The molecule has 9 nitrogen and oxygen atoms in total. The van der Waals surface area contributed by atoms with Crippen molar-refractivity contribution in [2.24, 2.45) is 5.92 Å². The molecule has 14 heteroatoms. The Bertz CT molecular complexity index is 792. The average Bonchev–Trinajstić information content (AvgIpc) is 3.08. The molecule has 2 aliphatic heterocycles. The number of nitrogens with zero attached hydrogens (tertiary/aromatic N) is 1. The van der Waals surface area contributed by atoms with Gasteiger partial charge in [-0.2, -0.15) is 0 Å². The third-order valence-corrected chi connectivity index (χ3v) is 7.98. The van der Waals surface area contributed by atoms with Crippen LogP contribution in [0.3, 0.4) is 0 Å². The number of carbonyl (C=O) groups is 3. The van der Waals surface area contributed by atoms with Gasteiger partial charge in [-0.3, -0.25) is 14.4 Å². The zero-order valence-corrected chi connectivity index (χ0v) is 22.8. The molecular formula is C15H17N2Na2O7PS2. The summed E-state index contributed by atoms with van der Waals surface area (Å²) >= 11 is 2.67. The molecular weight excluding hydrogens is 461 g/mol. The van der Waals surface area contributed by atoms with Crippen LogP contribution >= 0.6 is 30.7 Å². The van der Waals surface area contributed by atoms with Crippen molar-refractivity contribution in [3.8, 4) is 0 Å². The van der Waals surface area contributed by atoms with Gasteiger partial charge in [-0.25, -0.2) is 0 Å². The molecule has 3 rings (SSSR count). The number of hydrogen-bond acceptors (Lipinski definition) is 9. The van der Waals surface area contributed by atoms with E-state index in [2.05, 4.69) is 5.32 Å². The van der Waals surface area contributed by atoms with Crippen LogP contribution in [0.15, 0.2) is 17.5 Å². The van der Waals surface area contributed by atoms with Crippen molar-refractivity contribution >= 4 is 48.5 Å². The fraction of sp³-hybridized carbons (Fsp3) is 0.533. The largest absolute Gasteiger partial charge is 1.00 e. The van der Waals surface area contributed by atoms with Gasteiger partial charge in [0.1, 0.15) is 11.4 Å². The van der Waals surface area contributed by atoms with E-state index in [-0.39, 0.29) is 83.8 Å². The van der Waals surface area contributed by atoms with Gasteiger partial charge in [-0.1, -0.05) is 6.07 Å². The molecule has 0 aliphatic carbocycles. The predicted molar refractivity (Wildman–Crippen MR) is 94.6 cm³/mol. The van der Waals surface area contributed by atoms with Gasteiger partial charge in [-0.05, 0) is 19.0 Å². The third kappa shape index (κ3) is 6.55. The molecule has 1 aromatic rings. The van der Waals surface area contributed by atoms with Crippen molar-refractivity contribution in [3.63, 3.8) is 0 Å². The van der Waals surface area contributed by atoms with E-state index in [0.717, 1.165) is 9.78 Å². The number of carbonyl (C=O) groups excluding carboxylic acids is 3. The number of thioether (sulfide) groups is 1. The SMILES string of the molecule is CC(=O)OCC1CS[C@H]2[C@H](NC(=O)Cc3cccs3)C(=O)N2C1P(=O)([O-])[O-].[Na+].[Na+]. The molecule has 4 atom stereocenters. The predicted octanol–water partition coefficient (Wildman–Crippen LogP) is -6.88. The maximum atomic E-state index is 12.5. The number of rotatable bonds is 6. The van der Waals surface area contributed by atoms with Gasteiger partial charge in [0.05, 0.1) is 18.8 Å². The van der Waals surface area contributed by atoms with Gasteiger partial charge in [0, 0.05) is 23.5 Å². The molecule has 148 valence electrons. The first-order valence-electron chi connectivity index (χ1n) is 8.09. The number of hydrogen-bond donors (Lipinski definition) is 1. The van der Waals surface area contributed by atoms with Crippen LogP contribution in [0, 0.1) is 5.92 Å². The second kappa shape index (κ2) is 11.5. The topological polar surface area (TPSA) is 139 Å². The molecule has 0 radical (unpaired) electrons. The average molecular weight is 478 g/mol. The minimum Gasteiger partial charge on any atom is -0.809 e. The molecule has 1 aromatic heterocycles. The summed E-state index contributed by atoms with van der Waals surface area (Å²) in [6.45, 7) is 0.920. The van der Waals surface area contributed by atoms with Crippen LogP contribution in [0.25, 0.3) is 0 Å². The molecule has 2 amide bonds. The molecule has 2 fully saturated rings. The van der Waals surface area contributed by atoms with Crippen molar-refractivity contribution in [1.82, 2.24) is 10.2 Å². The van der Waals surface area contributed by atoms with Crippen molar-refractivity contribution in [2.45, 2.75) is 30.5 Å². The molecule has 2 aliphatic rings. The molecule has 0 saturated carbocycles. The Kier molecular flexibility index (Phi) is 10.9. The Morgan fingerprint density at radius 1 is 1.38 bits per heavy atom. The fourth-order valence-corrected chi connectivity index (χ4v) is 6.88. The van der Waals surface area contributed by atoms with Gasteiger partial charge < -0.3 is 29.3 Å². The van der Waals surface area contributed by atoms with E-state index < -0.39 is 42.6 Å². The van der Waals surface area contributed by atoms with Crippen LogP contribution in [-0.2, 0) is 30.1 Å². The quantitative estimate of drug-likeness (QED) is 0.184. The summed E-state index contributed by atoms with van der Waals surface area (Å²) in [4.78, 5) is 61.0. The Balaban J connectivity index is 0.00000210. The number of nitrogens with one attached hydrogen (secondary N) is 1. The van der Waals surface area contributed by atoms with Crippen molar-refractivity contribution in [2.75, 3.05) is 12.4 Å². The Morgan fingerprint density at radius 2 is 2.07 bits per heavy atom. The third-order valence-electron chi connectivity index (χ3n) is 4.32. The number of thiophene rings is 1. The number of fused-ring (bicyclic) bond motifs is 1. The normalized spacial score (nSPS) is 25.6. The molecule has 1 N–H and O–H groups in total. The van der Waals surface area contributed by atoms with Crippen LogP contribution in [-0.4, -0.2) is 52.2 Å². The number of β-lactam (4-membered cyclic amide) rings is 1. The summed E-state index contributed by atoms with van der Waals surface area (Å²) in [5.41, 5.74) is 0. The monoisotopic (exact) mass is 478 g/mol. The zero-order valence-electron chi connectivity index (χ0n) is 16.2. The van der Waals surface area contributed by atoms with Crippen LogP contribution in [0.1, 0.15) is 11.8 Å². The van der Waals surface area contributed by atoms with Crippen LogP contribution in [0.4, 0.5) is 0 Å². The maximum Gasteiger partial charge on any atom is 1.00 e. The van der Waals surface area contributed by atoms with Crippen LogP contribution in [0.2, 0.25) is 0 Å². The molecule has 0 spiro atoms. The van der Waals surface area contributed by atoms with Crippen molar-refractivity contribution < 1.29 is 92.6 Å². The number of esters is 1. The molecule has 3 heterocycles. The molecule has 0 aromatic carbocycles. The maximum absolute atomic E-state index is 12.5. The van der Waals surface area contributed by atoms with E-state index in [0.29, 0.717) is 0 Å². The smallest absolute Gasteiger partial charge is 0.809 e. The van der Waals surface area contributed by atoms with Crippen LogP contribution < -0.4 is 74.2 Å². The summed E-state index contributed by atoms with van der Waals surface area (Å²) < 4.78 is 16.6. The molecule has 2 unspecified atom stereocenters. The van der Waals surface area contributed by atoms with Crippen LogP contribution in [0.5, 0.6) is 0 Å². The fourth-order valence-electron chi connectivity index (χ4n) is 3.18. The van der Waals surface area contributed by atoms with Gasteiger partial charge in [-0.15, -0.1) is 23.1 Å². The molecule has 29 heavy (non-hydrogen) atoms.